The van der Waals surface area contributed by atoms with E-state index < -0.39 is 0 Å². The van der Waals surface area contributed by atoms with E-state index in [0.29, 0.717) is 17.8 Å². The van der Waals surface area contributed by atoms with Crippen molar-refractivity contribution in [2.45, 2.75) is 71.0 Å². The number of hydrogen-bond acceptors (Lipinski definition) is 2. The minimum absolute atomic E-state index is 0.154. The van der Waals surface area contributed by atoms with E-state index in [0.717, 1.165) is 25.7 Å². The third-order valence-electron chi connectivity index (χ3n) is 5.41. The Kier molecular flexibility index (Phi) is 4.48. The highest BCUT2D eigenvalue weighted by Gasteiger charge is 2.44. The second-order valence-electron chi connectivity index (χ2n) is 6.16. The van der Waals surface area contributed by atoms with Crippen LogP contribution in [-0.2, 0) is 0 Å². The Bertz CT molecular complexity index is 241. The maximum Gasteiger partial charge on any atom is 0.0623 e. The van der Waals surface area contributed by atoms with Gasteiger partial charge in [-0.1, -0.05) is 33.1 Å². The Hall–Kier alpha value is -0.0800. The number of rotatable bonds is 2. The summed E-state index contributed by atoms with van der Waals surface area (Å²) in [6.07, 6.45) is 7.54. The molecule has 4 unspecified atom stereocenters. The molecule has 17 heavy (non-hydrogen) atoms. The second-order valence-corrected chi connectivity index (χ2v) is 6.16. The quantitative estimate of drug-likeness (QED) is 0.779. The lowest BCUT2D eigenvalue weighted by Crippen LogP contribution is -2.46. The Morgan fingerprint density at radius 2 is 1.41 bits per heavy atom. The van der Waals surface area contributed by atoms with Crippen LogP contribution in [0.2, 0.25) is 0 Å². The summed E-state index contributed by atoms with van der Waals surface area (Å²) in [5, 5.41) is 21.1. The van der Waals surface area contributed by atoms with Gasteiger partial charge < -0.3 is 10.2 Å². The van der Waals surface area contributed by atoms with Gasteiger partial charge in [0.25, 0.3) is 0 Å². The zero-order valence-electron chi connectivity index (χ0n) is 11.3. The van der Waals surface area contributed by atoms with E-state index >= 15 is 0 Å². The van der Waals surface area contributed by atoms with Crippen molar-refractivity contribution in [2.75, 3.05) is 0 Å². The first-order chi connectivity index (χ1) is 8.19. The van der Waals surface area contributed by atoms with Crippen LogP contribution < -0.4 is 0 Å². The van der Waals surface area contributed by atoms with E-state index in [-0.39, 0.29) is 18.1 Å². The average molecular weight is 240 g/mol. The molecule has 2 aliphatic carbocycles. The predicted molar refractivity (Wildman–Crippen MR) is 69.6 cm³/mol. The van der Waals surface area contributed by atoms with Crippen LogP contribution in [0.1, 0.15) is 58.8 Å². The van der Waals surface area contributed by atoms with Gasteiger partial charge in [0.15, 0.2) is 0 Å². The fourth-order valence-electron chi connectivity index (χ4n) is 4.22. The Labute approximate surface area is 105 Å². The van der Waals surface area contributed by atoms with Gasteiger partial charge in [0.05, 0.1) is 12.2 Å². The van der Waals surface area contributed by atoms with Crippen LogP contribution in [0.15, 0.2) is 0 Å². The topological polar surface area (TPSA) is 40.5 Å². The summed E-state index contributed by atoms with van der Waals surface area (Å²) >= 11 is 0. The lowest BCUT2D eigenvalue weighted by molar-refractivity contribution is -0.0873. The molecule has 2 heteroatoms. The van der Waals surface area contributed by atoms with Crippen molar-refractivity contribution < 1.29 is 10.2 Å². The molecule has 0 spiro atoms. The molecule has 2 N–H and O–H groups in total. The summed E-state index contributed by atoms with van der Waals surface area (Å²) in [5.41, 5.74) is 0. The lowest BCUT2D eigenvalue weighted by atomic mass is 9.67. The van der Waals surface area contributed by atoms with E-state index in [9.17, 15) is 10.2 Å². The van der Waals surface area contributed by atoms with Crippen LogP contribution in [0.3, 0.4) is 0 Å². The molecule has 0 saturated heterocycles. The van der Waals surface area contributed by atoms with Crippen LogP contribution in [0, 0.1) is 23.7 Å². The molecule has 0 aliphatic heterocycles. The molecule has 2 saturated carbocycles. The van der Waals surface area contributed by atoms with E-state index in [1.165, 1.54) is 19.3 Å². The van der Waals surface area contributed by atoms with Crippen LogP contribution in [0.25, 0.3) is 0 Å². The van der Waals surface area contributed by atoms with Gasteiger partial charge in [-0.15, -0.1) is 0 Å². The number of aliphatic hydroxyl groups excluding tert-OH is 2. The third kappa shape index (κ3) is 2.53. The summed E-state index contributed by atoms with van der Waals surface area (Å²) in [7, 11) is 0. The van der Waals surface area contributed by atoms with Gasteiger partial charge in [-0.2, -0.15) is 0 Å². The monoisotopic (exact) mass is 240 g/mol. The first kappa shape index (κ1) is 13.4. The largest absolute Gasteiger partial charge is 0.392 e. The van der Waals surface area contributed by atoms with Gasteiger partial charge in [0.2, 0.25) is 0 Å². The van der Waals surface area contributed by atoms with Crippen molar-refractivity contribution in [1.29, 1.82) is 0 Å². The molecule has 0 amide bonds. The molecule has 0 radical (unpaired) electrons. The fourth-order valence-corrected chi connectivity index (χ4v) is 4.22. The minimum atomic E-state index is -0.267. The molecule has 2 fully saturated rings. The van der Waals surface area contributed by atoms with Crippen molar-refractivity contribution in [2.24, 2.45) is 23.7 Å². The van der Waals surface area contributed by atoms with Crippen molar-refractivity contribution in [1.82, 2.24) is 0 Å². The third-order valence-corrected chi connectivity index (χ3v) is 5.41. The van der Waals surface area contributed by atoms with E-state index in [1.807, 2.05) is 0 Å². The smallest absolute Gasteiger partial charge is 0.0623 e. The van der Waals surface area contributed by atoms with Gasteiger partial charge in [0, 0.05) is 5.92 Å². The molecule has 0 bridgehead atoms. The maximum absolute atomic E-state index is 10.6. The molecule has 0 aromatic rings. The molecule has 2 nitrogen and oxygen atoms in total. The van der Waals surface area contributed by atoms with Crippen molar-refractivity contribution in [3.63, 3.8) is 0 Å². The average Bonchev–Trinajstić information content (AvgIpc) is 2.49. The zero-order valence-corrected chi connectivity index (χ0v) is 11.3. The van der Waals surface area contributed by atoms with Crippen molar-refractivity contribution >= 4 is 0 Å². The van der Waals surface area contributed by atoms with Gasteiger partial charge in [-0.25, -0.2) is 0 Å². The number of fused-ring (bicyclic) bond motifs is 1. The van der Waals surface area contributed by atoms with Crippen LogP contribution in [0.4, 0.5) is 0 Å². The van der Waals surface area contributed by atoms with Crippen molar-refractivity contribution in [3.8, 4) is 0 Å². The molecule has 100 valence electrons. The maximum atomic E-state index is 10.6. The summed E-state index contributed by atoms with van der Waals surface area (Å²) in [4.78, 5) is 0. The fraction of sp³-hybridized carbons (Fsp3) is 1.00. The SMILES string of the molecule is CC[C@@H]1CCC2CCC[C@H](CC)C(O)C2C1O. The van der Waals surface area contributed by atoms with Gasteiger partial charge in [0.1, 0.15) is 0 Å². The first-order valence-electron chi connectivity index (χ1n) is 7.55. The highest BCUT2D eigenvalue weighted by Crippen LogP contribution is 2.44. The second kappa shape index (κ2) is 5.71. The minimum Gasteiger partial charge on any atom is -0.392 e. The molecular formula is C15H28O2. The van der Waals surface area contributed by atoms with Crippen LogP contribution in [-0.4, -0.2) is 22.4 Å². The lowest BCUT2D eigenvalue weighted by Gasteiger charge is -2.43. The summed E-state index contributed by atoms with van der Waals surface area (Å²) in [6.45, 7) is 4.33. The molecular weight excluding hydrogens is 212 g/mol. The summed E-state index contributed by atoms with van der Waals surface area (Å²) < 4.78 is 0. The molecule has 2 aliphatic rings. The summed E-state index contributed by atoms with van der Waals surface area (Å²) in [5.74, 6) is 1.55. The van der Waals surface area contributed by atoms with Gasteiger partial charge in [-0.05, 0) is 43.4 Å². The highest BCUT2D eigenvalue weighted by atomic mass is 16.3. The Morgan fingerprint density at radius 3 is 2.00 bits per heavy atom. The van der Waals surface area contributed by atoms with E-state index in [1.54, 1.807) is 0 Å². The molecule has 6 atom stereocenters. The zero-order chi connectivity index (χ0) is 12.4. The molecule has 2 rings (SSSR count). The van der Waals surface area contributed by atoms with E-state index in [2.05, 4.69) is 13.8 Å². The standard InChI is InChI=1S/C15H28O2/c1-3-10-6-5-7-12-9-8-11(4-2)15(17)13(12)14(10)16/h10-17H,3-9H2,1-2H3/t10-,11+,12?,13?,14?,15?/m0/s1. The van der Waals surface area contributed by atoms with Crippen molar-refractivity contribution in [3.05, 3.63) is 0 Å². The molecule has 0 aromatic carbocycles. The molecule has 0 aromatic heterocycles. The molecule has 0 heterocycles. The highest BCUT2D eigenvalue weighted by molar-refractivity contribution is 4.94. The summed E-state index contributed by atoms with van der Waals surface area (Å²) in [6, 6.07) is 0. The first-order valence-corrected chi connectivity index (χ1v) is 7.55. The van der Waals surface area contributed by atoms with Gasteiger partial charge in [-0.3, -0.25) is 0 Å². The number of hydrogen-bond donors (Lipinski definition) is 2. The van der Waals surface area contributed by atoms with Gasteiger partial charge >= 0.3 is 0 Å². The predicted octanol–water partition coefficient (Wildman–Crippen LogP) is 2.97. The van der Waals surface area contributed by atoms with E-state index in [4.69, 9.17) is 0 Å². The Balaban J connectivity index is 2.15. The number of aliphatic hydroxyl groups is 2. The van der Waals surface area contributed by atoms with Crippen LogP contribution in [0.5, 0.6) is 0 Å². The normalized spacial score (nSPS) is 47.3. The Morgan fingerprint density at radius 1 is 0.824 bits per heavy atom. The van der Waals surface area contributed by atoms with Crippen LogP contribution >= 0.6 is 0 Å².